The number of aryl methyl sites for hydroxylation is 2. The Hall–Kier alpha value is -1.51. The van der Waals surface area contributed by atoms with Crippen molar-refractivity contribution in [3.63, 3.8) is 0 Å². The Morgan fingerprint density at radius 2 is 1.92 bits per heavy atom. The van der Waals surface area contributed by atoms with Crippen LogP contribution in [0.4, 0.5) is 6.01 Å². The first-order chi connectivity index (χ1) is 6.22. The maximum absolute atomic E-state index is 5.51. The Bertz CT molecular complexity index is 406. The molecule has 0 aliphatic rings. The van der Waals surface area contributed by atoms with Crippen molar-refractivity contribution in [2.24, 2.45) is 0 Å². The second-order valence-electron chi connectivity index (χ2n) is 3.15. The highest BCUT2D eigenvalue weighted by molar-refractivity contribution is 5.81. The van der Waals surface area contributed by atoms with Crippen molar-refractivity contribution in [3.05, 3.63) is 23.3 Å². The van der Waals surface area contributed by atoms with E-state index in [4.69, 9.17) is 4.42 Å². The molecule has 0 spiro atoms. The summed E-state index contributed by atoms with van der Waals surface area (Å²) in [6, 6.07) is 4.68. The lowest BCUT2D eigenvalue weighted by molar-refractivity contribution is 0.618. The van der Waals surface area contributed by atoms with Gasteiger partial charge in [-0.15, -0.1) is 0 Å². The van der Waals surface area contributed by atoms with Gasteiger partial charge >= 0.3 is 0 Å². The van der Waals surface area contributed by atoms with E-state index in [9.17, 15) is 0 Å². The Morgan fingerprint density at radius 1 is 1.23 bits per heavy atom. The Kier molecular flexibility index (Phi) is 1.72. The quantitative estimate of drug-likeness (QED) is 0.725. The smallest absolute Gasteiger partial charge is 0.295 e. The van der Waals surface area contributed by atoms with Crippen LogP contribution in [0.15, 0.2) is 16.5 Å². The van der Waals surface area contributed by atoms with Gasteiger partial charge in [0, 0.05) is 7.05 Å². The number of nitrogens with one attached hydrogen (secondary N) is 1. The van der Waals surface area contributed by atoms with Crippen LogP contribution in [0.5, 0.6) is 0 Å². The normalized spacial score (nSPS) is 10.7. The highest BCUT2D eigenvalue weighted by Gasteiger charge is 2.08. The molecule has 3 heteroatoms. The third-order valence-electron chi connectivity index (χ3n) is 2.16. The number of oxazole rings is 1. The summed E-state index contributed by atoms with van der Waals surface area (Å²) in [6.07, 6.45) is 0. The van der Waals surface area contributed by atoms with Crippen molar-refractivity contribution in [1.29, 1.82) is 0 Å². The fraction of sp³-hybridized carbons (Fsp3) is 0.300. The standard InChI is InChI=1S/C10H12N2O/c1-6-4-5-7(2)9-8(6)12-10(11-3)13-9/h4-5H,1-3H3,(H,11,12). The van der Waals surface area contributed by atoms with Crippen LogP contribution in [0, 0.1) is 13.8 Å². The summed E-state index contributed by atoms with van der Waals surface area (Å²) in [4.78, 5) is 4.31. The summed E-state index contributed by atoms with van der Waals surface area (Å²) in [6.45, 7) is 4.05. The zero-order chi connectivity index (χ0) is 9.42. The highest BCUT2D eigenvalue weighted by Crippen LogP contribution is 2.24. The monoisotopic (exact) mass is 176 g/mol. The Balaban J connectivity index is 2.80. The highest BCUT2D eigenvalue weighted by atomic mass is 16.4. The van der Waals surface area contributed by atoms with E-state index in [0.717, 1.165) is 22.2 Å². The number of fused-ring (bicyclic) bond motifs is 1. The van der Waals surface area contributed by atoms with Gasteiger partial charge < -0.3 is 9.73 Å². The number of benzene rings is 1. The number of hydrogen-bond donors (Lipinski definition) is 1. The molecule has 2 rings (SSSR count). The average Bonchev–Trinajstić information content (AvgIpc) is 2.56. The molecular weight excluding hydrogens is 164 g/mol. The molecule has 1 aromatic heterocycles. The van der Waals surface area contributed by atoms with Gasteiger partial charge in [0.25, 0.3) is 6.01 Å². The lowest BCUT2D eigenvalue weighted by Crippen LogP contribution is -1.85. The molecule has 1 N–H and O–H groups in total. The summed E-state index contributed by atoms with van der Waals surface area (Å²) in [7, 11) is 1.80. The van der Waals surface area contributed by atoms with Crippen LogP contribution in [-0.2, 0) is 0 Å². The van der Waals surface area contributed by atoms with E-state index < -0.39 is 0 Å². The molecule has 0 fully saturated rings. The van der Waals surface area contributed by atoms with E-state index in [1.54, 1.807) is 7.05 Å². The molecule has 2 aromatic rings. The minimum absolute atomic E-state index is 0.576. The van der Waals surface area contributed by atoms with Crippen molar-refractivity contribution in [2.45, 2.75) is 13.8 Å². The van der Waals surface area contributed by atoms with E-state index in [2.05, 4.69) is 16.4 Å². The number of aromatic nitrogens is 1. The van der Waals surface area contributed by atoms with E-state index in [0.29, 0.717) is 6.01 Å². The lowest BCUT2D eigenvalue weighted by Gasteiger charge is -1.94. The third kappa shape index (κ3) is 1.16. The van der Waals surface area contributed by atoms with Crippen molar-refractivity contribution in [2.75, 3.05) is 12.4 Å². The van der Waals surface area contributed by atoms with Gasteiger partial charge in [0.2, 0.25) is 0 Å². The third-order valence-corrected chi connectivity index (χ3v) is 2.16. The first-order valence-electron chi connectivity index (χ1n) is 4.27. The average molecular weight is 176 g/mol. The minimum atomic E-state index is 0.576. The van der Waals surface area contributed by atoms with Gasteiger partial charge in [-0.2, -0.15) is 4.98 Å². The zero-order valence-corrected chi connectivity index (χ0v) is 8.01. The summed E-state index contributed by atoms with van der Waals surface area (Å²) >= 11 is 0. The molecule has 0 aliphatic heterocycles. The molecule has 3 nitrogen and oxygen atoms in total. The van der Waals surface area contributed by atoms with Gasteiger partial charge in [0.05, 0.1) is 0 Å². The van der Waals surface area contributed by atoms with E-state index >= 15 is 0 Å². The topological polar surface area (TPSA) is 38.1 Å². The largest absolute Gasteiger partial charge is 0.423 e. The molecule has 0 unspecified atom stereocenters. The van der Waals surface area contributed by atoms with Gasteiger partial charge in [-0.3, -0.25) is 0 Å². The molecule has 0 amide bonds. The van der Waals surface area contributed by atoms with Crippen LogP contribution in [0.25, 0.3) is 11.1 Å². The molecule has 68 valence electrons. The molecule has 1 heterocycles. The molecule has 13 heavy (non-hydrogen) atoms. The van der Waals surface area contributed by atoms with Crippen molar-refractivity contribution >= 4 is 17.1 Å². The fourth-order valence-electron chi connectivity index (χ4n) is 1.37. The molecule has 0 saturated carbocycles. The Labute approximate surface area is 76.8 Å². The zero-order valence-electron chi connectivity index (χ0n) is 8.01. The predicted octanol–water partition coefficient (Wildman–Crippen LogP) is 2.49. The van der Waals surface area contributed by atoms with Gasteiger partial charge in [-0.1, -0.05) is 12.1 Å². The maximum atomic E-state index is 5.51. The van der Waals surface area contributed by atoms with E-state index in [-0.39, 0.29) is 0 Å². The van der Waals surface area contributed by atoms with E-state index in [1.165, 1.54) is 0 Å². The molecular formula is C10H12N2O. The van der Waals surface area contributed by atoms with Crippen molar-refractivity contribution in [3.8, 4) is 0 Å². The van der Waals surface area contributed by atoms with E-state index in [1.807, 2.05) is 19.9 Å². The van der Waals surface area contributed by atoms with Crippen molar-refractivity contribution in [1.82, 2.24) is 4.98 Å². The first kappa shape index (κ1) is 8.10. The summed E-state index contributed by atoms with van der Waals surface area (Å²) < 4.78 is 5.51. The SMILES string of the molecule is CNc1nc2c(C)ccc(C)c2o1. The summed E-state index contributed by atoms with van der Waals surface area (Å²) in [5.74, 6) is 0. The second kappa shape index (κ2) is 2.76. The number of nitrogens with zero attached hydrogens (tertiary/aromatic N) is 1. The van der Waals surface area contributed by atoms with Crippen LogP contribution in [0.2, 0.25) is 0 Å². The summed E-state index contributed by atoms with van der Waals surface area (Å²) in [5.41, 5.74) is 4.09. The molecule has 0 saturated heterocycles. The molecule has 0 radical (unpaired) electrons. The van der Waals surface area contributed by atoms with Crippen LogP contribution in [-0.4, -0.2) is 12.0 Å². The van der Waals surface area contributed by atoms with Gasteiger partial charge in [0.15, 0.2) is 5.58 Å². The van der Waals surface area contributed by atoms with Crippen LogP contribution < -0.4 is 5.32 Å². The van der Waals surface area contributed by atoms with Crippen LogP contribution in [0.1, 0.15) is 11.1 Å². The molecule has 1 aromatic carbocycles. The van der Waals surface area contributed by atoms with Gasteiger partial charge in [-0.25, -0.2) is 0 Å². The lowest BCUT2D eigenvalue weighted by atomic mass is 10.1. The van der Waals surface area contributed by atoms with Crippen LogP contribution in [0.3, 0.4) is 0 Å². The molecule has 0 atom stereocenters. The van der Waals surface area contributed by atoms with Gasteiger partial charge in [-0.05, 0) is 25.0 Å². The number of anilines is 1. The second-order valence-corrected chi connectivity index (χ2v) is 3.15. The minimum Gasteiger partial charge on any atom is -0.423 e. The molecule has 0 aliphatic carbocycles. The maximum Gasteiger partial charge on any atom is 0.295 e. The molecule has 0 bridgehead atoms. The number of rotatable bonds is 1. The van der Waals surface area contributed by atoms with Crippen LogP contribution >= 0.6 is 0 Å². The van der Waals surface area contributed by atoms with Crippen molar-refractivity contribution < 1.29 is 4.42 Å². The predicted molar refractivity (Wildman–Crippen MR) is 53.0 cm³/mol. The fourth-order valence-corrected chi connectivity index (χ4v) is 1.37. The number of hydrogen-bond acceptors (Lipinski definition) is 3. The Morgan fingerprint density at radius 3 is 2.54 bits per heavy atom. The summed E-state index contributed by atoms with van der Waals surface area (Å²) in [5, 5.41) is 2.89. The van der Waals surface area contributed by atoms with Gasteiger partial charge in [0.1, 0.15) is 5.52 Å². The first-order valence-corrected chi connectivity index (χ1v) is 4.27.